The predicted octanol–water partition coefficient (Wildman–Crippen LogP) is 2.04. The molecule has 2 rings (SSSR count). The molecule has 23 heavy (non-hydrogen) atoms. The van der Waals surface area contributed by atoms with Crippen molar-refractivity contribution in [1.29, 1.82) is 0 Å². The minimum atomic E-state index is -0.442. The standard InChI is InChI=1S/C15H17N3O4S/c1-3-21-14(20)10(2)23-15-18-17-12(22-15)9-16-13(19)11-7-5-4-6-8-11/h4-8,10H,3,9H2,1-2H3,(H,16,19)/t10-/m0/s1. The number of amides is 1. The van der Waals surface area contributed by atoms with Crippen molar-refractivity contribution in [3.63, 3.8) is 0 Å². The lowest BCUT2D eigenvalue weighted by molar-refractivity contribution is -0.142. The van der Waals surface area contributed by atoms with Crippen LogP contribution in [0.15, 0.2) is 40.0 Å². The van der Waals surface area contributed by atoms with Crippen LogP contribution in [0.5, 0.6) is 0 Å². The van der Waals surface area contributed by atoms with Crippen molar-refractivity contribution in [2.24, 2.45) is 0 Å². The van der Waals surface area contributed by atoms with E-state index < -0.39 is 5.25 Å². The van der Waals surface area contributed by atoms with Gasteiger partial charge in [0.1, 0.15) is 5.25 Å². The van der Waals surface area contributed by atoms with Gasteiger partial charge < -0.3 is 14.5 Å². The Hall–Kier alpha value is -2.35. The summed E-state index contributed by atoms with van der Waals surface area (Å²) in [6, 6.07) is 8.83. The van der Waals surface area contributed by atoms with E-state index in [1.807, 2.05) is 6.07 Å². The molecule has 0 saturated carbocycles. The van der Waals surface area contributed by atoms with Crippen LogP contribution >= 0.6 is 11.8 Å². The Kier molecular flexibility index (Phi) is 6.16. The molecule has 0 radical (unpaired) electrons. The highest BCUT2D eigenvalue weighted by atomic mass is 32.2. The first-order chi connectivity index (χ1) is 11.1. The van der Waals surface area contributed by atoms with Crippen molar-refractivity contribution in [2.75, 3.05) is 6.61 Å². The van der Waals surface area contributed by atoms with Gasteiger partial charge in [-0.15, -0.1) is 10.2 Å². The van der Waals surface area contributed by atoms with Crippen molar-refractivity contribution in [3.8, 4) is 0 Å². The largest absolute Gasteiger partial charge is 0.465 e. The van der Waals surface area contributed by atoms with Gasteiger partial charge in [-0.1, -0.05) is 30.0 Å². The van der Waals surface area contributed by atoms with Gasteiger partial charge in [0.25, 0.3) is 11.1 Å². The van der Waals surface area contributed by atoms with Crippen LogP contribution in [-0.4, -0.2) is 33.9 Å². The topological polar surface area (TPSA) is 94.3 Å². The Bertz CT molecular complexity index is 660. The zero-order chi connectivity index (χ0) is 16.7. The number of carbonyl (C=O) groups is 2. The zero-order valence-electron chi connectivity index (χ0n) is 12.8. The Balaban J connectivity index is 1.85. The first-order valence-electron chi connectivity index (χ1n) is 7.09. The Labute approximate surface area is 137 Å². The molecule has 1 amide bonds. The van der Waals surface area contributed by atoms with Gasteiger partial charge in [-0.05, 0) is 26.0 Å². The molecule has 0 saturated heterocycles. The Morgan fingerprint density at radius 2 is 2.04 bits per heavy atom. The number of ether oxygens (including phenoxy) is 1. The lowest BCUT2D eigenvalue weighted by atomic mass is 10.2. The molecule has 0 aliphatic rings. The van der Waals surface area contributed by atoms with E-state index in [1.165, 1.54) is 0 Å². The first-order valence-corrected chi connectivity index (χ1v) is 7.97. The number of aromatic nitrogens is 2. The monoisotopic (exact) mass is 335 g/mol. The molecule has 1 aromatic heterocycles. The molecule has 2 aromatic rings. The summed E-state index contributed by atoms with van der Waals surface area (Å²) in [5, 5.41) is 10.2. The van der Waals surface area contributed by atoms with Crippen LogP contribution in [0.3, 0.4) is 0 Å². The zero-order valence-corrected chi connectivity index (χ0v) is 13.6. The number of nitrogens with one attached hydrogen (secondary N) is 1. The van der Waals surface area contributed by atoms with Gasteiger partial charge in [-0.2, -0.15) is 0 Å². The highest BCUT2D eigenvalue weighted by Crippen LogP contribution is 2.22. The van der Waals surface area contributed by atoms with Crippen molar-refractivity contribution in [3.05, 3.63) is 41.8 Å². The van der Waals surface area contributed by atoms with Gasteiger partial charge in [0.15, 0.2) is 0 Å². The molecule has 7 nitrogen and oxygen atoms in total. The predicted molar refractivity (Wildman–Crippen MR) is 83.9 cm³/mol. The highest BCUT2D eigenvalue weighted by molar-refractivity contribution is 8.00. The van der Waals surface area contributed by atoms with Gasteiger partial charge in [0.2, 0.25) is 5.89 Å². The number of thioether (sulfide) groups is 1. The number of carbonyl (C=O) groups excluding carboxylic acids is 2. The van der Waals surface area contributed by atoms with E-state index in [0.717, 1.165) is 11.8 Å². The van der Waals surface area contributed by atoms with E-state index in [-0.39, 0.29) is 29.5 Å². The number of esters is 1. The van der Waals surface area contributed by atoms with Crippen LogP contribution < -0.4 is 5.32 Å². The maximum Gasteiger partial charge on any atom is 0.319 e. The van der Waals surface area contributed by atoms with E-state index in [4.69, 9.17) is 9.15 Å². The molecule has 0 unspecified atom stereocenters. The lowest BCUT2D eigenvalue weighted by Crippen LogP contribution is -2.22. The SMILES string of the molecule is CCOC(=O)[C@H](C)Sc1nnc(CNC(=O)c2ccccc2)o1. The number of hydrogen-bond donors (Lipinski definition) is 1. The average molecular weight is 335 g/mol. The van der Waals surface area contributed by atoms with E-state index in [2.05, 4.69) is 15.5 Å². The fourth-order valence-electron chi connectivity index (χ4n) is 1.66. The average Bonchev–Trinajstić information content (AvgIpc) is 3.01. The van der Waals surface area contributed by atoms with Crippen LogP contribution in [-0.2, 0) is 16.1 Å². The summed E-state index contributed by atoms with van der Waals surface area (Å²) >= 11 is 1.12. The van der Waals surface area contributed by atoms with E-state index >= 15 is 0 Å². The van der Waals surface area contributed by atoms with E-state index in [0.29, 0.717) is 12.2 Å². The van der Waals surface area contributed by atoms with Crippen molar-refractivity contribution >= 4 is 23.6 Å². The summed E-state index contributed by atoms with van der Waals surface area (Å²) in [5.74, 6) is -0.291. The number of hydrogen-bond acceptors (Lipinski definition) is 7. The number of benzene rings is 1. The molecule has 1 N–H and O–H groups in total. The third-order valence-electron chi connectivity index (χ3n) is 2.78. The molecule has 1 heterocycles. The second-order valence-electron chi connectivity index (χ2n) is 4.52. The lowest BCUT2D eigenvalue weighted by Gasteiger charge is -2.06. The van der Waals surface area contributed by atoms with Crippen LogP contribution in [0.4, 0.5) is 0 Å². The molecule has 122 valence electrons. The normalized spacial score (nSPS) is 11.7. The summed E-state index contributed by atoms with van der Waals surface area (Å²) in [5.41, 5.74) is 0.553. The molecular formula is C15H17N3O4S. The summed E-state index contributed by atoms with van der Waals surface area (Å²) < 4.78 is 10.3. The van der Waals surface area contributed by atoms with Crippen molar-refractivity contribution in [2.45, 2.75) is 30.9 Å². The third kappa shape index (κ3) is 5.10. The second kappa shape index (κ2) is 8.33. The van der Waals surface area contributed by atoms with E-state index in [9.17, 15) is 9.59 Å². The Morgan fingerprint density at radius 3 is 2.74 bits per heavy atom. The molecule has 0 fully saturated rings. The molecule has 0 spiro atoms. The molecule has 1 aromatic carbocycles. The van der Waals surface area contributed by atoms with Crippen LogP contribution in [0, 0.1) is 0 Å². The Morgan fingerprint density at radius 1 is 1.30 bits per heavy atom. The molecule has 8 heteroatoms. The minimum Gasteiger partial charge on any atom is -0.465 e. The third-order valence-corrected chi connectivity index (χ3v) is 3.69. The number of nitrogens with zero attached hydrogens (tertiary/aromatic N) is 2. The summed E-state index contributed by atoms with van der Waals surface area (Å²) in [6.45, 7) is 3.89. The fraction of sp³-hybridized carbons (Fsp3) is 0.333. The van der Waals surface area contributed by atoms with Crippen LogP contribution in [0.2, 0.25) is 0 Å². The molecule has 0 aliphatic heterocycles. The molecule has 1 atom stereocenters. The van der Waals surface area contributed by atoms with Gasteiger partial charge in [0, 0.05) is 5.56 Å². The van der Waals surface area contributed by atoms with Gasteiger partial charge in [0.05, 0.1) is 13.2 Å². The minimum absolute atomic E-state index is 0.120. The van der Waals surface area contributed by atoms with Crippen molar-refractivity contribution < 1.29 is 18.7 Å². The summed E-state index contributed by atoms with van der Waals surface area (Å²) in [7, 11) is 0. The second-order valence-corrected chi connectivity index (χ2v) is 5.81. The molecule has 0 aliphatic carbocycles. The smallest absolute Gasteiger partial charge is 0.319 e. The maximum atomic E-state index is 11.9. The number of rotatable bonds is 7. The van der Waals surface area contributed by atoms with Crippen LogP contribution in [0.25, 0.3) is 0 Å². The van der Waals surface area contributed by atoms with Gasteiger partial charge >= 0.3 is 5.97 Å². The molecule has 0 bridgehead atoms. The van der Waals surface area contributed by atoms with Crippen molar-refractivity contribution in [1.82, 2.24) is 15.5 Å². The summed E-state index contributed by atoms with van der Waals surface area (Å²) in [4.78, 5) is 23.4. The van der Waals surface area contributed by atoms with E-state index in [1.54, 1.807) is 38.1 Å². The summed E-state index contributed by atoms with van der Waals surface area (Å²) in [6.07, 6.45) is 0. The molecular weight excluding hydrogens is 318 g/mol. The first kappa shape index (κ1) is 17.0. The maximum absolute atomic E-state index is 11.9. The van der Waals surface area contributed by atoms with Gasteiger partial charge in [-0.3, -0.25) is 9.59 Å². The highest BCUT2D eigenvalue weighted by Gasteiger charge is 2.19. The van der Waals surface area contributed by atoms with Gasteiger partial charge in [-0.25, -0.2) is 0 Å². The quantitative estimate of drug-likeness (QED) is 0.611. The fourth-order valence-corrected chi connectivity index (χ4v) is 2.36. The van der Waals surface area contributed by atoms with Crippen LogP contribution in [0.1, 0.15) is 30.1 Å².